The molecule has 1 aromatic carbocycles. The summed E-state index contributed by atoms with van der Waals surface area (Å²) in [7, 11) is 0. The lowest BCUT2D eigenvalue weighted by molar-refractivity contribution is 0.318. The van der Waals surface area contributed by atoms with Gasteiger partial charge in [0.05, 0.1) is 11.5 Å². The Morgan fingerprint density at radius 3 is 2.76 bits per heavy atom. The van der Waals surface area contributed by atoms with Gasteiger partial charge in [0.25, 0.3) is 5.56 Å². The number of aromatic amines is 1. The highest BCUT2D eigenvalue weighted by Gasteiger charge is 2.12. The lowest BCUT2D eigenvalue weighted by atomic mass is 10.1. The Balaban J connectivity index is 1.42. The summed E-state index contributed by atoms with van der Waals surface area (Å²) in [6, 6.07) is 9.32. The van der Waals surface area contributed by atoms with Crippen molar-refractivity contribution in [3.05, 3.63) is 62.2 Å². The van der Waals surface area contributed by atoms with Gasteiger partial charge in [-0.15, -0.1) is 11.3 Å². The molecule has 0 amide bonds. The number of fused-ring (bicyclic) bond motifs is 1. The molecule has 0 fully saturated rings. The van der Waals surface area contributed by atoms with Crippen molar-refractivity contribution in [2.24, 2.45) is 0 Å². The highest BCUT2D eigenvalue weighted by atomic mass is 35.5. The highest BCUT2D eigenvalue weighted by Crippen LogP contribution is 2.27. The van der Waals surface area contributed by atoms with Gasteiger partial charge in [0.1, 0.15) is 5.75 Å². The summed E-state index contributed by atoms with van der Waals surface area (Å²) >= 11 is 9.34. The first-order valence-electron chi connectivity index (χ1n) is 9.07. The van der Waals surface area contributed by atoms with Crippen molar-refractivity contribution in [2.75, 3.05) is 12.4 Å². The first-order chi connectivity index (χ1) is 14.0. The minimum absolute atomic E-state index is 0.193. The minimum atomic E-state index is -0.193. The summed E-state index contributed by atoms with van der Waals surface area (Å²) in [5, 5.41) is 6.23. The van der Waals surface area contributed by atoms with E-state index in [1.54, 1.807) is 27.6 Å². The fraction of sp³-hybridized carbons (Fsp3) is 0.250. The number of hydrogen-bond donors (Lipinski definition) is 1. The highest BCUT2D eigenvalue weighted by molar-refractivity contribution is 7.99. The van der Waals surface area contributed by atoms with Crippen molar-refractivity contribution in [2.45, 2.75) is 25.4 Å². The maximum absolute atomic E-state index is 11.8. The molecule has 6 nitrogen and oxygen atoms in total. The maximum Gasteiger partial charge on any atom is 0.266 e. The van der Waals surface area contributed by atoms with Crippen molar-refractivity contribution >= 4 is 40.3 Å². The lowest BCUT2D eigenvalue weighted by Gasteiger charge is -2.10. The Morgan fingerprint density at radius 2 is 2.03 bits per heavy atom. The van der Waals surface area contributed by atoms with E-state index in [1.807, 2.05) is 43.5 Å². The summed E-state index contributed by atoms with van der Waals surface area (Å²) in [4.78, 5) is 21.9. The molecule has 9 heteroatoms. The van der Waals surface area contributed by atoms with Crippen LogP contribution in [-0.2, 0) is 0 Å². The standard InChI is InChI=1S/C20H19ClN4O2S2/c1-12-9-14(10-13(2)18(12)21)27-6-4-8-29-20-23-19(15-5-3-7-28-15)22-16-11-17(26)24-25(16)20/h3,5,7,9-11H,4,6,8H2,1-2H3,(H,24,26). The van der Waals surface area contributed by atoms with Gasteiger partial charge in [-0.2, -0.15) is 0 Å². The van der Waals surface area contributed by atoms with Crippen LogP contribution in [0, 0.1) is 13.8 Å². The van der Waals surface area contributed by atoms with Gasteiger partial charge < -0.3 is 4.74 Å². The van der Waals surface area contributed by atoms with Crippen LogP contribution in [0.5, 0.6) is 5.75 Å². The Labute approximate surface area is 180 Å². The number of thiophene rings is 1. The Kier molecular flexibility index (Phi) is 5.94. The van der Waals surface area contributed by atoms with Crippen molar-refractivity contribution in [1.29, 1.82) is 0 Å². The van der Waals surface area contributed by atoms with Crippen molar-refractivity contribution in [3.8, 4) is 16.5 Å². The lowest BCUT2D eigenvalue weighted by Crippen LogP contribution is -2.05. The molecule has 0 unspecified atom stereocenters. The average molecular weight is 447 g/mol. The molecule has 4 aromatic rings. The number of ether oxygens (including phenoxy) is 1. The van der Waals surface area contributed by atoms with Crippen LogP contribution in [0.3, 0.4) is 0 Å². The number of benzene rings is 1. The first-order valence-corrected chi connectivity index (χ1v) is 11.3. The van der Waals surface area contributed by atoms with Gasteiger partial charge in [-0.05, 0) is 55.0 Å². The third-order valence-corrected chi connectivity index (χ3v) is 6.75. The number of nitrogens with one attached hydrogen (secondary N) is 1. The second-order valence-electron chi connectivity index (χ2n) is 6.54. The van der Waals surface area contributed by atoms with Crippen LogP contribution in [0.2, 0.25) is 5.02 Å². The molecule has 4 rings (SSSR count). The van der Waals surface area contributed by atoms with E-state index in [0.29, 0.717) is 23.2 Å². The largest absolute Gasteiger partial charge is 0.494 e. The van der Waals surface area contributed by atoms with E-state index in [4.69, 9.17) is 16.3 Å². The molecule has 0 bridgehead atoms. The molecule has 0 aliphatic carbocycles. The number of aryl methyl sites for hydroxylation is 2. The van der Waals surface area contributed by atoms with Gasteiger partial charge in [-0.1, -0.05) is 29.4 Å². The number of H-pyrrole nitrogens is 1. The van der Waals surface area contributed by atoms with E-state index < -0.39 is 0 Å². The van der Waals surface area contributed by atoms with Crippen LogP contribution in [0.4, 0.5) is 0 Å². The fourth-order valence-corrected chi connectivity index (χ4v) is 4.53. The van der Waals surface area contributed by atoms with Gasteiger partial charge in [-0.3, -0.25) is 9.89 Å². The smallest absolute Gasteiger partial charge is 0.266 e. The Morgan fingerprint density at radius 1 is 1.24 bits per heavy atom. The van der Waals surface area contributed by atoms with E-state index in [-0.39, 0.29) is 5.56 Å². The molecule has 29 heavy (non-hydrogen) atoms. The minimum Gasteiger partial charge on any atom is -0.494 e. The number of halogens is 1. The number of thioether (sulfide) groups is 1. The molecule has 0 saturated heterocycles. The van der Waals surface area contributed by atoms with E-state index in [9.17, 15) is 4.79 Å². The number of aromatic nitrogens is 4. The maximum atomic E-state index is 11.8. The predicted octanol–water partition coefficient (Wildman–Crippen LogP) is 4.98. The van der Waals surface area contributed by atoms with Crippen LogP contribution in [0.1, 0.15) is 17.5 Å². The van der Waals surface area contributed by atoms with Gasteiger partial charge >= 0.3 is 0 Å². The van der Waals surface area contributed by atoms with Crippen LogP contribution in [0.25, 0.3) is 16.3 Å². The molecule has 0 atom stereocenters. The zero-order chi connectivity index (χ0) is 20.4. The number of hydrogen-bond acceptors (Lipinski definition) is 6. The van der Waals surface area contributed by atoms with Crippen molar-refractivity contribution in [1.82, 2.24) is 19.6 Å². The quantitative estimate of drug-likeness (QED) is 0.320. The van der Waals surface area contributed by atoms with Crippen LogP contribution in [0.15, 0.2) is 45.7 Å². The van der Waals surface area contributed by atoms with Crippen molar-refractivity contribution in [3.63, 3.8) is 0 Å². The second kappa shape index (κ2) is 8.61. The van der Waals surface area contributed by atoms with Gasteiger partial charge in [0, 0.05) is 16.8 Å². The average Bonchev–Trinajstić information content (AvgIpc) is 3.34. The monoisotopic (exact) mass is 446 g/mol. The Hall–Kier alpha value is -2.29. The molecule has 0 radical (unpaired) electrons. The zero-order valence-electron chi connectivity index (χ0n) is 15.9. The summed E-state index contributed by atoms with van der Waals surface area (Å²) in [5.74, 6) is 2.25. The van der Waals surface area contributed by atoms with Crippen molar-refractivity contribution < 1.29 is 4.74 Å². The summed E-state index contributed by atoms with van der Waals surface area (Å²) < 4.78 is 7.50. The van der Waals surface area contributed by atoms with E-state index >= 15 is 0 Å². The molecule has 0 aliphatic heterocycles. The third-order valence-electron chi connectivity index (χ3n) is 4.26. The molecular formula is C20H19ClN4O2S2. The normalized spacial score (nSPS) is 11.3. The summed E-state index contributed by atoms with van der Waals surface area (Å²) in [6.07, 6.45) is 0.830. The molecule has 0 spiro atoms. The molecule has 3 heterocycles. The van der Waals surface area contributed by atoms with E-state index in [0.717, 1.165) is 38.9 Å². The summed E-state index contributed by atoms with van der Waals surface area (Å²) in [5.41, 5.74) is 2.40. The first kappa shape index (κ1) is 20.0. The van der Waals surface area contributed by atoms with E-state index in [2.05, 4.69) is 15.1 Å². The van der Waals surface area contributed by atoms with Gasteiger partial charge in [-0.25, -0.2) is 14.5 Å². The van der Waals surface area contributed by atoms with Gasteiger partial charge in [0.2, 0.25) is 0 Å². The van der Waals surface area contributed by atoms with E-state index in [1.165, 1.54) is 6.07 Å². The summed E-state index contributed by atoms with van der Waals surface area (Å²) in [6.45, 7) is 4.53. The SMILES string of the molecule is Cc1cc(OCCCSc2nc(-c3cccs3)nc3cc(=O)[nH]n23)cc(C)c1Cl. The van der Waals surface area contributed by atoms with Crippen LogP contribution < -0.4 is 10.3 Å². The molecule has 0 saturated carbocycles. The second-order valence-corrected chi connectivity index (χ2v) is 8.93. The third kappa shape index (κ3) is 4.49. The Bertz CT molecular complexity index is 1180. The number of rotatable bonds is 7. The molecule has 0 aliphatic rings. The number of nitrogens with zero attached hydrogens (tertiary/aromatic N) is 3. The molecule has 3 aromatic heterocycles. The topological polar surface area (TPSA) is 72.3 Å². The molecule has 150 valence electrons. The fourth-order valence-electron chi connectivity index (χ4n) is 2.90. The van der Waals surface area contributed by atoms with Crippen LogP contribution in [-0.4, -0.2) is 31.9 Å². The molecule has 1 N–H and O–H groups in total. The predicted molar refractivity (Wildman–Crippen MR) is 119 cm³/mol. The van der Waals surface area contributed by atoms with Crippen LogP contribution >= 0.6 is 34.7 Å². The molecular weight excluding hydrogens is 428 g/mol. The van der Waals surface area contributed by atoms with Gasteiger partial charge in [0.15, 0.2) is 16.6 Å². The zero-order valence-corrected chi connectivity index (χ0v) is 18.3.